The molecule has 76 valence electrons. The molecule has 0 radical (unpaired) electrons. The summed E-state index contributed by atoms with van der Waals surface area (Å²) >= 11 is 0. The molecule has 0 aliphatic carbocycles. The van der Waals surface area contributed by atoms with Crippen LogP contribution < -0.4 is 0 Å². The number of carbonyl (C=O) groups is 2. The largest absolute Gasteiger partial charge is 0.480 e. The molecule has 0 aliphatic rings. The summed E-state index contributed by atoms with van der Waals surface area (Å²) < 4.78 is 0. The van der Waals surface area contributed by atoms with E-state index in [1.807, 2.05) is 0 Å². The highest BCUT2D eigenvalue weighted by Crippen LogP contribution is 1.96. The number of carboxylic acids is 1. The van der Waals surface area contributed by atoms with Gasteiger partial charge in [-0.3, -0.25) is 14.7 Å². The fourth-order valence-electron chi connectivity index (χ4n) is 0.949. The third-order valence-electron chi connectivity index (χ3n) is 1.61. The maximum atomic E-state index is 11.5. The Balaban J connectivity index is 2.70. The van der Waals surface area contributed by atoms with Crippen molar-refractivity contribution in [2.75, 3.05) is 13.1 Å². The van der Waals surface area contributed by atoms with E-state index in [0.29, 0.717) is 6.54 Å². The fraction of sp³-hybridized carbons (Fsp3) is 0.429. The average Bonchev–Trinajstić information content (AvgIpc) is 2.65. The van der Waals surface area contributed by atoms with Crippen molar-refractivity contribution in [3.8, 4) is 0 Å². The molecular weight excluding hydrogens is 188 g/mol. The number of nitrogens with one attached hydrogen (secondary N) is 1. The van der Waals surface area contributed by atoms with Crippen LogP contribution in [-0.2, 0) is 4.79 Å². The van der Waals surface area contributed by atoms with Crippen molar-refractivity contribution in [2.45, 2.75) is 6.92 Å². The van der Waals surface area contributed by atoms with Gasteiger partial charge in [0.25, 0.3) is 5.91 Å². The zero-order valence-corrected chi connectivity index (χ0v) is 7.60. The number of carbonyl (C=O) groups excluding carboxylic acids is 1. The van der Waals surface area contributed by atoms with Crippen LogP contribution in [-0.4, -0.2) is 50.2 Å². The Labute approximate surface area is 79.8 Å². The minimum atomic E-state index is -1.06. The number of carboxylic acid groups (broad SMARTS) is 1. The summed E-state index contributed by atoms with van der Waals surface area (Å²) in [4.78, 5) is 26.7. The van der Waals surface area contributed by atoms with Gasteiger partial charge in [-0.1, -0.05) is 0 Å². The van der Waals surface area contributed by atoms with E-state index in [1.54, 1.807) is 6.92 Å². The highest BCUT2D eigenvalue weighted by molar-refractivity contribution is 5.92. The monoisotopic (exact) mass is 198 g/mol. The molecule has 2 N–H and O–H groups in total. The molecule has 0 aliphatic heterocycles. The lowest BCUT2D eigenvalue weighted by Crippen LogP contribution is -2.36. The molecular formula is C7H10N4O3. The molecule has 0 unspecified atom stereocenters. The van der Waals surface area contributed by atoms with E-state index < -0.39 is 11.9 Å². The van der Waals surface area contributed by atoms with Crippen LogP contribution in [0, 0.1) is 0 Å². The van der Waals surface area contributed by atoms with Crippen molar-refractivity contribution in [2.24, 2.45) is 0 Å². The van der Waals surface area contributed by atoms with Crippen molar-refractivity contribution in [3.05, 3.63) is 12.2 Å². The summed E-state index contributed by atoms with van der Waals surface area (Å²) in [6, 6.07) is 0. The highest BCUT2D eigenvalue weighted by Gasteiger charge is 2.18. The number of likely N-dealkylation sites (N-methyl/N-ethyl adjacent to an activating group) is 1. The van der Waals surface area contributed by atoms with E-state index in [2.05, 4.69) is 15.2 Å². The molecule has 1 aromatic rings. The van der Waals surface area contributed by atoms with E-state index >= 15 is 0 Å². The van der Waals surface area contributed by atoms with Gasteiger partial charge < -0.3 is 10.0 Å². The van der Waals surface area contributed by atoms with Crippen LogP contribution in [0.15, 0.2) is 6.33 Å². The van der Waals surface area contributed by atoms with Crippen LogP contribution in [0.5, 0.6) is 0 Å². The zero-order chi connectivity index (χ0) is 10.6. The molecule has 0 saturated heterocycles. The van der Waals surface area contributed by atoms with Crippen LogP contribution in [0.25, 0.3) is 0 Å². The van der Waals surface area contributed by atoms with Gasteiger partial charge in [-0.25, -0.2) is 4.98 Å². The minimum absolute atomic E-state index is 0.0492. The van der Waals surface area contributed by atoms with Gasteiger partial charge in [-0.05, 0) is 6.92 Å². The SMILES string of the molecule is CCN(CC(=O)O)C(=O)c1ncn[nH]1. The maximum Gasteiger partial charge on any atom is 0.323 e. The van der Waals surface area contributed by atoms with E-state index in [0.717, 1.165) is 4.90 Å². The summed E-state index contributed by atoms with van der Waals surface area (Å²) in [6.07, 6.45) is 1.20. The Morgan fingerprint density at radius 1 is 1.64 bits per heavy atom. The fourth-order valence-corrected chi connectivity index (χ4v) is 0.949. The van der Waals surface area contributed by atoms with Crippen LogP contribution in [0.4, 0.5) is 0 Å². The molecule has 0 spiro atoms. The third-order valence-corrected chi connectivity index (χ3v) is 1.61. The summed E-state index contributed by atoms with van der Waals surface area (Å²) in [5, 5.41) is 14.4. The predicted octanol–water partition coefficient (Wildman–Crippen LogP) is -0.649. The molecule has 7 nitrogen and oxygen atoms in total. The maximum absolute atomic E-state index is 11.5. The lowest BCUT2D eigenvalue weighted by molar-refractivity contribution is -0.137. The Kier molecular flexibility index (Phi) is 3.16. The Hall–Kier alpha value is -1.92. The number of hydrogen-bond donors (Lipinski definition) is 2. The second kappa shape index (κ2) is 4.35. The lowest BCUT2D eigenvalue weighted by Gasteiger charge is -2.16. The van der Waals surface area contributed by atoms with Gasteiger partial charge in [0.15, 0.2) is 0 Å². The van der Waals surface area contributed by atoms with E-state index in [4.69, 9.17) is 5.11 Å². The zero-order valence-electron chi connectivity index (χ0n) is 7.60. The van der Waals surface area contributed by atoms with Crippen molar-refractivity contribution in [3.63, 3.8) is 0 Å². The first-order valence-electron chi connectivity index (χ1n) is 4.01. The number of aromatic amines is 1. The van der Waals surface area contributed by atoms with Gasteiger partial charge >= 0.3 is 5.97 Å². The normalized spacial score (nSPS) is 9.79. The lowest BCUT2D eigenvalue weighted by atomic mass is 10.4. The molecule has 0 fully saturated rings. The summed E-state index contributed by atoms with van der Waals surface area (Å²) in [6.45, 7) is 1.67. The molecule has 7 heteroatoms. The van der Waals surface area contributed by atoms with Crippen molar-refractivity contribution in [1.82, 2.24) is 20.1 Å². The Morgan fingerprint density at radius 3 is 2.79 bits per heavy atom. The molecule has 0 aromatic carbocycles. The van der Waals surface area contributed by atoms with Crippen LogP contribution in [0.2, 0.25) is 0 Å². The first kappa shape index (κ1) is 10.2. The summed E-state index contributed by atoms with van der Waals surface area (Å²) in [5.74, 6) is -1.47. The second-order valence-corrected chi connectivity index (χ2v) is 2.55. The number of amides is 1. The number of H-pyrrole nitrogens is 1. The Bertz CT molecular complexity index is 322. The second-order valence-electron chi connectivity index (χ2n) is 2.55. The first-order valence-corrected chi connectivity index (χ1v) is 4.01. The van der Waals surface area contributed by atoms with Gasteiger partial charge in [0.05, 0.1) is 0 Å². The van der Waals surface area contributed by atoms with Crippen LogP contribution in [0.1, 0.15) is 17.5 Å². The van der Waals surface area contributed by atoms with Crippen molar-refractivity contribution < 1.29 is 14.7 Å². The molecule has 1 amide bonds. The van der Waals surface area contributed by atoms with Crippen molar-refractivity contribution >= 4 is 11.9 Å². The quantitative estimate of drug-likeness (QED) is 0.669. The number of nitrogens with zero attached hydrogens (tertiary/aromatic N) is 3. The van der Waals surface area contributed by atoms with E-state index in [9.17, 15) is 9.59 Å². The first-order chi connectivity index (χ1) is 6.65. The average molecular weight is 198 g/mol. The standard InChI is InChI=1S/C7H10N4O3/c1-2-11(3-5(12)13)7(14)6-8-4-9-10-6/h4H,2-3H2,1H3,(H,12,13)(H,8,9,10). The number of aliphatic carboxylic acids is 1. The highest BCUT2D eigenvalue weighted by atomic mass is 16.4. The van der Waals surface area contributed by atoms with Gasteiger partial charge in [0.2, 0.25) is 5.82 Å². The molecule has 0 saturated carbocycles. The van der Waals surface area contributed by atoms with Gasteiger partial charge in [-0.15, -0.1) is 0 Å². The molecule has 14 heavy (non-hydrogen) atoms. The van der Waals surface area contributed by atoms with Gasteiger partial charge in [0, 0.05) is 6.54 Å². The molecule has 1 aromatic heterocycles. The predicted molar refractivity (Wildman–Crippen MR) is 45.6 cm³/mol. The topological polar surface area (TPSA) is 99.2 Å². The van der Waals surface area contributed by atoms with E-state index in [1.165, 1.54) is 6.33 Å². The van der Waals surface area contributed by atoms with Gasteiger partial charge in [-0.2, -0.15) is 5.10 Å². The summed E-state index contributed by atoms with van der Waals surface area (Å²) in [7, 11) is 0. The Morgan fingerprint density at radius 2 is 2.36 bits per heavy atom. The van der Waals surface area contributed by atoms with Crippen LogP contribution in [0.3, 0.4) is 0 Å². The molecule has 1 rings (SSSR count). The molecule has 1 heterocycles. The molecule has 0 bridgehead atoms. The van der Waals surface area contributed by atoms with Crippen molar-refractivity contribution in [1.29, 1.82) is 0 Å². The number of aromatic nitrogens is 3. The smallest absolute Gasteiger partial charge is 0.323 e. The minimum Gasteiger partial charge on any atom is -0.480 e. The summed E-state index contributed by atoms with van der Waals surface area (Å²) in [5.41, 5.74) is 0. The molecule has 0 atom stereocenters. The van der Waals surface area contributed by atoms with E-state index in [-0.39, 0.29) is 12.4 Å². The number of hydrogen-bond acceptors (Lipinski definition) is 4. The van der Waals surface area contributed by atoms with Gasteiger partial charge in [0.1, 0.15) is 12.9 Å². The van der Waals surface area contributed by atoms with Crippen LogP contribution >= 0.6 is 0 Å². The third kappa shape index (κ3) is 2.28. The number of rotatable bonds is 4.